The molecule has 3 rings (SSSR count). The molecule has 126 valence electrons. The third kappa shape index (κ3) is 4.65. The molecule has 0 spiro atoms. The SMILES string of the molecule is O=C(CN1CCN(c2nccs2)CC1)NC(=O)NC1CCCC1. The second-order valence-corrected chi connectivity index (χ2v) is 6.95. The Kier molecular flexibility index (Phi) is 5.45. The maximum atomic E-state index is 12.0. The summed E-state index contributed by atoms with van der Waals surface area (Å²) in [6.45, 7) is 3.59. The number of amides is 3. The van der Waals surface area contributed by atoms with Crippen LogP contribution in [0.1, 0.15) is 25.7 Å². The Morgan fingerprint density at radius 3 is 2.61 bits per heavy atom. The van der Waals surface area contributed by atoms with E-state index in [1.807, 2.05) is 11.6 Å². The van der Waals surface area contributed by atoms with Gasteiger partial charge in [-0.25, -0.2) is 9.78 Å². The largest absolute Gasteiger partial charge is 0.346 e. The van der Waals surface area contributed by atoms with Crippen LogP contribution in [0.25, 0.3) is 0 Å². The van der Waals surface area contributed by atoms with Crippen LogP contribution in [-0.4, -0.2) is 60.6 Å². The van der Waals surface area contributed by atoms with Crippen molar-refractivity contribution in [3.63, 3.8) is 0 Å². The fraction of sp³-hybridized carbons (Fsp3) is 0.667. The monoisotopic (exact) mass is 337 g/mol. The highest BCUT2D eigenvalue weighted by molar-refractivity contribution is 7.13. The number of carbonyl (C=O) groups is 2. The van der Waals surface area contributed by atoms with Crippen molar-refractivity contribution in [1.29, 1.82) is 0 Å². The molecule has 1 aliphatic heterocycles. The molecule has 8 heteroatoms. The first-order chi connectivity index (χ1) is 11.2. The Bertz CT molecular complexity index is 522. The molecule has 0 unspecified atom stereocenters. The van der Waals surface area contributed by atoms with Crippen molar-refractivity contribution in [2.24, 2.45) is 0 Å². The van der Waals surface area contributed by atoms with E-state index >= 15 is 0 Å². The standard InChI is InChI=1S/C15H23N5O2S/c21-13(18-14(22)17-12-3-1-2-4-12)11-19-6-8-20(9-7-19)15-16-5-10-23-15/h5,10,12H,1-4,6-9,11H2,(H2,17,18,21,22). The van der Waals surface area contributed by atoms with Gasteiger partial charge in [0.15, 0.2) is 5.13 Å². The zero-order chi connectivity index (χ0) is 16.1. The second-order valence-electron chi connectivity index (χ2n) is 6.08. The highest BCUT2D eigenvalue weighted by Crippen LogP contribution is 2.19. The number of hydrogen-bond donors (Lipinski definition) is 2. The van der Waals surface area contributed by atoms with Crippen molar-refractivity contribution < 1.29 is 9.59 Å². The first-order valence-corrected chi connectivity index (χ1v) is 9.06. The van der Waals surface area contributed by atoms with Crippen LogP contribution in [0.3, 0.4) is 0 Å². The van der Waals surface area contributed by atoms with Crippen molar-refractivity contribution >= 4 is 28.4 Å². The first kappa shape index (κ1) is 16.2. The molecule has 1 aromatic heterocycles. The van der Waals surface area contributed by atoms with E-state index in [4.69, 9.17) is 0 Å². The van der Waals surface area contributed by atoms with Gasteiger partial charge in [0.1, 0.15) is 0 Å². The van der Waals surface area contributed by atoms with Gasteiger partial charge >= 0.3 is 6.03 Å². The van der Waals surface area contributed by atoms with Crippen LogP contribution in [0.2, 0.25) is 0 Å². The predicted octanol–water partition coefficient (Wildman–Crippen LogP) is 1.03. The number of carbonyl (C=O) groups excluding carboxylic acids is 2. The molecule has 2 fully saturated rings. The normalized spacial score (nSPS) is 19.7. The van der Waals surface area contributed by atoms with Crippen molar-refractivity contribution in [1.82, 2.24) is 20.5 Å². The molecule has 2 N–H and O–H groups in total. The summed E-state index contributed by atoms with van der Waals surface area (Å²) in [5, 5.41) is 8.31. The van der Waals surface area contributed by atoms with E-state index in [2.05, 4.69) is 25.4 Å². The molecule has 23 heavy (non-hydrogen) atoms. The Morgan fingerprint density at radius 2 is 1.96 bits per heavy atom. The molecule has 2 aliphatic rings. The Hall–Kier alpha value is -1.67. The number of imide groups is 1. The summed E-state index contributed by atoms with van der Waals surface area (Å²) in [4.78, 5) is 32.4. The molecule has 2 heterocycles. The highest BCUT2D eigenvalue weighted by atomic mass is 32.1. The van der Waals surface area contributed by atoms with Crippen LogP contribution < -0.4 is 15.5 Å². The molecule has 1 saturated carbocycles. The van der Waals surface area contributed by atoms with Gasteiger partial charge in [-0.05, 0) is 12.8 Å². The second kappa shape index (κ2) is 7.74. The minimum absolute atomic E-state index is 0.227. The summed E-state index contributed by atoms with van der Waals surface area (Å²) < 4.78 is 0. The van der Waals surface area contributed by atoms with Gasteiger partial charge in [0.2, 0.25) is 5.91 Å². The first-order valence-electron chi connectivity index (χ1n) is 8.18. The fourth-order valence-corrected chi connectivity index (χ4v) is 3.83. The zero-order valence-electron chi connectivity index (χ0n) is 13.2. The number of urea groups is 1. The number of aromatic nitrogens is 1. The summed E-state index contributed by atoms with van der Waals surface area (Å²) in [6.07, 6.45) is 6.15. The van der Waals surface area contributed by atoms with Crippen molar-refractivity contribution in [3.8, 4) is 0 Å². The van der Waals surface area contributed by atoms with E-state index < -0.39 is 0 Å². The molecule has 7 nitrogen and oxygen atoms in total. The Balaban J connectivity index is 1.36. The Labute approximate surface area is 140 Å². The molecule has 0 aromatic carbocycles. The number of rotatable bonds is 4. The molecule has 1 saturated heterocycles. The number of anilines is 1. The lowest BCUT2D eigenvalue weighted by atomic mass is 10.2. The molecular formula is C15H23N5O2S. The summed E-state index contributed by atoms with van der Waals surface area (Å²) in [7, 11) is 0. The van der Waals surface area contributed by atoms with Gasteiger partial charge in [-0.3, -0.25) is 15.0 Å². The summed E-state index contributed by atoms with van der Waals surface area (Å²) in [5.41, 5.74) is 0. The minimum atomic E-state index is -0.358. The van der Waals surface area contributed by atoms with E-state index in [0.717, 1.165) is 57.0 Å². The van der Waals surface area contributed by atoms with E-state index in [9.17, 15) is 9.59 Å². The minimum Gasteiger partial charge on any atom is -0.346 e. The zero-order valence-corrected chi connectivity index (χ0v) is 14.0. The molecule has 0 atom stereocenters. The Morgan fingerprint density at radius 1 is 1.22 bits per heavy atom. The van der Waals surface area contributed by atoms with E-state index in [1.54, 1.807) is 11.3 Å². The van der Waals surface area contributed by atoms with Gasteiger partial charge in [0, 0.05) is 43.8 Å². The fourth-order valence-electron chi connectivity index (χ4n) is 3.13. The average molecular weight is 337 g/mol. The van der Waals surface area contributed by atoms with Gasteiger partial charge in [-0.15, -0.1) is 11.3 Å². The van der Waals surface area contributed by atoms with Crippen LogP contribution >= 0.6 is 11.3 Å². The van der Waals surface area contributed by atoms with Crippen LogP contribution in [0.15, 0.2) is 11.6 Å². The van der Waals surface area contributed by atoms with Gasteiger partial charge in [0.05, 0.1) is 6.54 Å². The lowest BCUT2D eigenvalue weighted by molar-refractivity contribution is -0.121. The third-order valence-electron chi connectivity index (χ3n) is 4.37. The smallest absolute Gasteiger partial charge is 0.321 e. The van der Waals surface area contributed by atoms with E-state index in [1.165, 1.54) is 0 Å². The van der Waals surface area contributed by atoms with Gasteiger partial charge < -0.3 is 10.2 Å². The number of thiazole rings is 1. The van der Waals surface area contributed by atoms with Crippen LogP contribution in [0.5, 0.6) is 0 Å². The average Bonchev–Trinajstić information content (AvgIpc) is 3.20. The highest BCUT2D eigenvalue weighted by Gasteiger charge is 2.22. The number of nitrogens with zero attached hydrogens (tertiary/aromatic N) is 3. The van der Waals surface area contributed by atoms with Crippen molar-refractivity contribution in [3.05, 3.63) is 11.6 Å². The molecule has 3 amide bonds. The number of piperazine rings is 1. The summed E-state index contributed by atoms with van der Waals surface area (Å²) in [5.74, 6) is -0.233. The maximum absolute atomic E-state index is 12.0. The molecule has 1 aromatic rings. The number of hydrogen-bond acceptors (Lipinski definition) is 6. The number of nitrogens with one attached hydrogen (secondary N) is 2. The van der Waals surface area contributed by atoms with Crippen molar-refractivity contribution in [2.75, 3.05) is 37.6 Å². The third-order valence-corrected chi connectivity index (χ3v) is 5.20. The van der Waals surface area contributed by atoms with E-state index in [0.29, 0.717) is 0 Å². The molecule has 0 radical (unpaired) electrons. The maximum Gasteiger partial charge on any atom is 0.321 e. The lowest BCUT2D eigenvalue weighted by Gasteiger charge is -2.34. The van der Waals surface area contributed by atoms with Crippen molar-refractivity contribution in [2.45, 2.75) is 31.7 Å². The van der Waals surface area contributed by atoms with Crippen LogP contribution in [-0.2, 0) is 4.79 Å². The van der Waals surface area contributed by atoms with Gasteiger partial charge in [-0.1, -0.05) is 12.8 Å². The van der Waals surface area contributed by atoms with Crippen LogP contribution in [0.4, 0.5) is 9.93 Å². The molecule has 0 bridgehead atoms. The molecule has 1 aliphatic carbocycles. The summed E-state index contributed by atoms with van der Waals surface area (Å²) in [6, 6.07) is -0.132. The molecular weight excluding hydrogens is 314 g/mol. The van der Waals surface area contributed by atoms with Crippen LogP contribution in [0, 0.1) is 0 Å². The van der Waals surface area contributed by atoms with Gasteiger partial charge in [-0.2, -0.15) is 0 Å². The van der Waals surface area contributed by atoms with E-state index in [-0.39, 0.29) is 24.5 Å². The quantitative estimate of drug-likeness (QED) is 0.858. The van der Waals surface area contributed by atoms with Gasteiger partial charge in [0.25, 0.3) is 0 Å². The predicted molar refractivity (Wildman–Crippen MR) is 89.7 cm³/mol. The summed E-state index contributed by atoms with van der Waals surface area (Å²) >= 11 is 1.63. The lowest BCUT2D eigenvalue weighted by Crippen LogP contribution is -2.51. The topological polar surface area (TPSA) is 77.6 Å².